The molecule has 2 heterocycles. The van der Waals surface area contributed by atoms with Crippen LogP contribution >= 0.6 is 0 Å². The first-order valence-electron chi connectivity index (χ1n) is 9.50. The molecule has 0 unspecified atom stereocenters. The molecule has 0 radical (unpaired) electrons. The molecule has 0 aliphatic heterocycles. The maximum Gasteiger partial charge on any atom is 0.196 e. The van der Waals surface area contributed by atoms with E-state index in [4.69, 9.17) is 0 Å². The standard InChI is InChI=1S/C26H15NO2/c1-2-20-23-24(26(29)19-10-6-5-9-18(19)25(23)28)22-14-12-17-16-8-4-3-7-15(16)11-13-21(17)27(20)22/h2-14H,1H2. The van der Waals surface area contributed by atoms with Crippen molar-refractivity contribution in [2.75, 3.05) is 0 Å². The third-order valence-corrected chi connectivity index (χ3v) is 5.90. The first kappa shape index (κ1) is 16.0. The summed E-state index contributed by atoms with van der Waals surface area (Å²) in [7, 11) is 0. The van der Waals surface area contributed by atoms with Crippen LogP contribution in [0, 0.1) is 0 Å². The number of pyridine rings is 1. The van der Waals surface area contributed by atoms with Gasteiger partial charge in [0.05, 0.1) is 27.9 Å². The molecule has 0 bridgehead atoms. The molecule has 136 valence electrons. The minimum absolute atomic E-state index is 0.110. The van der Waals surface area contributed by atoms with Gasteiger partial charge in [-0.3, -0.25) is 9.59 Å². The van der Waals surface area contributed by atoms with Gasteiger partial charge in [-0.05, 0) is 29.0 Å². The third-order valence-electron chi connectivity index (χ3n) is 5.90. The highest BCUT2D eigenvalue weighted by molar-refractivity contribution is 6.32. The number of fused-ring (bicyclic) bond motifs is 8. The molecule has 0 amide bonds. The van der Waals surface area contributed by atoms with Crippen LogP contribution in [0.4, 0.5) is 0 Å². The van der Waals surface area contributed by atoms with Crippen molar-refractivity contribution in [2.45, 2.75) is 0 Å². The second kappa shape index (κ2) is 5.52. The Morgan fingerprint density at radius 1 is 0.655 bits per heavy atom. The predicted octanol–water partition coefficient (Wildman–Crippen LogP) is 5.66. The molecule has 3 heteroatoms. The summed E-state index contributed by atoms with van der Waals surface area (Å²) in [4.78, 5) is 26.7. The van der Waals surface area contributed by atoms with Crippen LogP contribution in [0.25, 0.3) is 33.3 Å². The Kier molecular flexibility index (Phi) is 3.05. The Morgan fingerprint density at radius 2 is 1.31 bits per heavy atom. The minimum atomic E-state index is -0.122. The van der Waals surface area contributed by atoms with E-state index in [9.17, 15) is 9.59 Å². The van der Waals surface area contributed by atoms with Crippen LogP contribution in [0.15, 0.2) is 79.4 Å². The number of benzene rings is 3. The van der Waals surface area contributed by atoms with Crippen molar-refractivity contribution in [3.8, 4) is 0 Å². The predicted molar refractivity (Wildman–Crippen MR) is 116 cm³/mol. The van der Waals surface area contributed by atoms with Crippen LogP contribution in [-0.2, 0) is 0 Å². The van der Waals surface area contributed by atoms with Crippen LogP contribution in [0.2, 0.25) is 0 Å². The van der Waals surface area contributed by atoms with E-state index in [1.54, 1.807) is 30.3 Å². The molecule has 6 rings (SSSR count). The summed E-state index contributed by atoms with van der Waals surface area (Å²) < 4.78 is 2.00. The van der Waals surface area contributed by atoms with E-state index in [2.05, 4.69) is 24.8 Å². The monoisotopic (exact) mass is 373 g/mol. The molecule has 3 nitrogen and oxygen atoms in total. The second-order valence-electron chi connectivity index (χ2n) is 7.32. The molecule has 0 spiro atoms. The maximum absolute atomic E-state index is 13.3. The number of hydrogen-bond donors (Lipinski definition) is 0. The smallest absolute Gasteiger partial charge is 0.196 e. The third kappa shape index (κ3) is 1.91. The molecule has 1 aliphatic rings. The van der Waals surface area contributed by atoms with Crippen molar-refractivity contribution < 1.29 is 9.59 Å². The summed E-state index contributed by atoms with van der Waals surface area (Å²) >= 11 is 0. The lowest BCUT2D eigenvalue weighted by Crippen LogP contribution is -2.19. The topological polar surface area (TPSA) is 38.5 Å². The number of hydrogen-bond acceptors (Lipinski definition) is 2. The maximum atomic E-state index is 13.3. The van der Waals surface area contributed by atoms with E-state index < -0.39 is 0 Å². The summed E-state index contributed by atoms with van der Waals surface area (Å²) in [5, 5.41) is 3.36. The molecule has 0 saturated carbocycles. The Bertz CT molecular complexity index is 1550. The lowest BCUT2D eigenvalue weighted by molar-refractivity contribution is 0.0981. The molecule has 0 atom stereocenters. The van der Waals surface area contributed by atoms with Crippen molar-refractivity contribution in [3.05, 3.63) is 107 Å². The molecule has 0 saturated heterocycles. The molecule has 0 N–H and O–H groups in total. The Labute approximate surface area is 166 Å². The van der Waals surface area contributed by atoms with Gasteiger partial charge in [-0.1, -0.05) is 67.2 Å². The summed E-state index contributed by atoms with van der Waals surface area (Å²) in [6.07, 6.45) is 1.68. The van der Waals surface area contributed by atoms with E-state index in [0.717, 1.165) is 27.2 Å². The van der Waals surface area contributed by atoms with Gasteiger partial charge in [0.25, 0.3) is 0 Å². The normalized spacial score (nSPS) is 13.1. The first-order valence-corrected chi connectivity index (χ1v) is 9.50. The molecule has 5 aromatic rings. The minimum Gasteiger partial charge on any atom is -0.308 e. The van der Waals surface area contributed by atoms with Crippen LogP contribution in [-0.4, -0.2) is 16.0 Å². The van der Waals surface area contributed by atoms with Gasteiger partial charge < -0.3 is 4.40 Å². The van der Waals surface area contributed by atoms with Crippen molar-refractivity contribution in [1.29, 1.82) is 0 Å². The molecule has 1 aliphatic carbocycles. The van der Waals surface area contributed by atoms with Gasteiger partial charge in [-0.15, -0.1) is 0 Å². The second-order valence-corrected chi connectivity index (χ2v) is 7.32. The van der Waals surface area contributed by atoms with Crippen LogP contribution in [0.1, 0.15) is 37.5 Å². The highest BCUT2D eigenvalue weighted by Crippen LogP contribution is 2.37. The van der Waals surface area contributed by atoms with Gasteiger partial charge in [0.15, 0.2) is 11.6 Å². The highest BCUT2D eigenvalue weighted by atomic mass is 16.1. The quantitative estimate of drug-likeness (QED) is 0.349. The van der Waals surface area contributed by atoms with Crippen molar-refractivity contribution in [1.82, 2.24) is 4.40 Å². The Morgan fingerprint density at radius 3 is 2.07 bits per heavy atom. The average Bonchev–Trinajstić information content (AvgIpc) is 3.12. The van der Waals surface area contributed by atoms with E-state index in [-0.39, 0.29) is 11.6 Å². The van der Waals surface area contributed by atoms with Gasteiger partial charge in [0.1, 0.15) is 0 Å². The zero-order chi connectivity index (χ0) is 19.7. The lowest BCUT2D eigenvalue weighted by Gasteiger charge is -2.14. The van der Waals surface area contributed by atoms with Crippen LogP contribution in [0.5, 0.6) is 0 Å². The van der Waals surface area contributed by atoms with Crippen LogP contribution < -0.4 is 0 Å². The van der Waals surface area contributed by atoms with Gasteiger partial charge in [0.2, 0.25) is 0 Å². The Hall–Kier alpha value is -3.98. The largest absolute Gasteiger partial charge is 0.308 e. The zero-order valence-corrected chi connectivity index (χ0v) is 15.5. The van der Waals surface area contributed by atoms with Crippen LogP contribution in [0.3, 0.4) is 0 Å². The van der Waals surface area contributed by atoms with Gasteiger partial charge >= 0.3 is 0 Å². The van der Waals surface area contributed by atoms with Crippen molar-refractivity contribution >= 4 is 44.8 Å². The van der Waals surface area contributed by atoms with Gasteiger partial charge in [-0.25, -0.2) is 0 Å². The van der Waals surface area contributed by atoms with E-state index in [0.29, 0.717) is 27.9 Å². The molecular formula is C26H15NO2. The number of rotatable bonds is 1. The van der Waals surface area contributed by atoms with Crippen molar-refractivity contribution in [2.24, 2.45) is 0 Å². The molecular weight excluding hydrogens is 358 g/mol. The fourth-order valence-electron chi connectivity index (χ4n) is 4.64. The summed E-state index contributed by atoms with van der Waals surface area (Å²) in [5.74, 6) is -0.233. The molecule has 2 aromatic heterocycles. The average molecular weight is 373 g/mol. The lowest BCUT2D eigenvalue weighted by atomic mass is 9.84. The summed E-state index contributed by atoms with van der Waals surface area (Å²) in [5.41, 5.74) is 4.21. The summed E-state index contributed by atoms with van der Waals surface area (Å²) in [6.45, 7) is 3.96. The fraction of sp³-hybridized carbons (Fsp3) is 0. The number of aromatic nitrogens is 1. The molecule has 0 fully saturated rings. The number of carbonyl (C=O) groups is 2. The van der Waals surface area contributed by atoms with Gasteiger partial charge in [0, 0.05) is 16.5 Å². The SMILES string of the molecule is C=Cc1c2c(c3ccc4c5ccccc5ccc4n13)C(=O)c1ccccc1C2=O. The Balaban J connectivity index is 1.83. The number of ketones is 2. The van der Waals surface area contributed by atoms with Gasteiger partial charge in [-0.2, -0.15) is 0 Å². The highest BCUT2D eigenvalue weighted by Gasteiger charge is 2.35. The number of nitrogens with zero attached hydrogens (tertiary/aromatic N) is 1. The fourth-order valence-corrected chi connectivity index (χ4v) is 4.64. The van der Waals surface area contributed by atoms with E-state index >= 15 is 0 Å². The zero-order valence-electron chi connectivity index (χ0n) is 15.5. The molecule has 29 heavy (non-hydrogen) atoms. The first-order chi connectivity index (χ1) is 14.2. The van der Waals surface area contributed by atoms with E-state index in [1.807, 2.05) is 34.7 Å². The number of carbonyl (C=O) groups excluding carboxylic acids is 2. The van der Waals surface area contributed by atoms with E-state index in [1.165, 1.54) is 0 Å². The summed E-state index contributed by atoms with van der Waals surface area (Å²) in [6, 6.07) is 23.3. The molecule has 3 aromatic carbocycles. The van der Waals surface area contributed by atoms with Crippen molar-refractivity contribution in [3.63, 3.8) is 0 Å².